The summed E-state index contributed by atoms with van der Waals surface area (Å²) in [6, 6.07) is 0. The average molecular weight is 172 g/mol. The van der Waals surface area contributed by atoms with Crippen molar-refractivity contribution >= 4 is 11.8 Å². The Morgan fingerprint density at radius 1 is 1.18 bits per heavy atom. The van der Waals surface area contributed by atoms with Crippen LogP contribution in [0.2, 0.25) is 0 Å². The minimum Gasteiger partial charge on any atom is -0.127 e. The summed E-state index contributed by atoms with van der Waals surface area (Å²) in [7, 11) is 0. The third kappa shape index (κ3) is 9.83. The van der Waals surface area contributed by atoms with Gasteiger partial charge in [-0.25, -0.2) is 0 Å². The molecule has 0 bridgehead atoms. The van der Waals surface area contributed by atoms with Crippen molar-refractivity contribution in [2.45, 2.75) is 34.6 Å². The van der Waals surface area contributed by atoms with Gasteiger partial charge in [-0.1, -0.05) is 45.9 Å². The molecule has 0 aliphatic carbocycles. The van der Waals surface area contributed by atoms with Crippen LogP contribution in [0.15, 0.2) is 23.1 Å². The van der Waals surface area contributed by atoms with Crippen LogP contribution in [-0.4, -0.2) is 5.75 Å². The highest BCUT2D eigenvalue weighted by Gasteiger charge is 1.88. The summed E-state index contributed by atoms with van der Waals surface area (Å²) in [4.78, 5) is 1.42. The first kappa shape index (κ1) is 13.4. The molecule has 0 atom stereocenters. The summed E-state index contributed by atoms with van der Waals surface area (Å²) >= 11 is 1.89. The summed E-state index contributed by atoms with van der Waals surface area (Å²) in [5.74, 6) is 1.16. The van der Waals surface area contributed by atoms with Crippen molar-refractivity contribution in [3.05, 3.63) is 23.1 Å². The summed E-state index contributed by atoms with van der Waals surface area (Å²) in [6.45, 7) is 10.1. The van der Waals surface area contributed by atoms with Crippen LogP contribution in [0.1, 0.15) is 34.6 Å². The molecule has 0 aromatic carbocycles. The minimum absolute atomic E-state index is 1.16. The van der Waals surface area contributed by atoms with E-state index in [1.54, 1.807) is 0 Å². The molecule has 66 valence electrons. The fraction of sp³-hybridized carbons (Fsp3) is 0.600. The Kier molecular flexibility index (Phi) is 15.3. The molecule has 0 radical (unpaired) electrons. The zero-order valence-electron chi connectivity index (χ0n) is 8.35. The van der Waals surface area contributed by atoms with E-state index in [9.17, 15) is 0 Å². The highest BCUT2D eigenvalue weighted by molar-refractivity contribution is 8.03. The third-order valence-corrected chi connectivity index (χ3v) is 1.82. The molecule has 1 heteroatoms. The van der Waals surface area contributed by atoms with E-state index in [0.717, 1.165) is 5.75 Å². The second-order valence-electron chi connectivity index (χ2n) is 1.52. The Hall–Kier alpha value is -0.170. The van der Waals surface area contributed by atoms with E-state index in [4.69, 9.17) is 0 Å². The molecule has 0 saturated heterocycles. The van der Waals surface area contributed by atoms with Gasteiger partial charge in [0.15, 0.2) is 0 Å². The van der Waals surface area contributed by atoms with E-state index in [1.807, 2.05) is 39.5 Å². The van der Waals surface area contributed by atoms with Crippen molar-refractivity contribution in [2.24, 2.45) is 0 Å². The minimum atomic E-state index is 1.16. The lowest BCUT2D eigenvalue weighted by atomic mass is 10.4. The van der Waals surface area contributed by atoms with Gasteiger partial charge in [0.1, 0.15) is 0 Å². The van der Waals surface area contributed by atoms with Gasteiger partial charge in [-0.05, 0) is 11.8 Å². The van der Waals surface area contributed by atoms with Gasteiger partial charge < -0.3 is 0 Å². The van der Waals surface area contributed by atoms with Gasteiger partial charge in [-0.15, -0.1) is 11.8 Å². The topological polar surface area (TPSA) is 0 Å². The lowest BCUT2D eigenvalue weighted by molar-refractivity contribution is 1.50. The maximum atomic E-state index is 2.16. The van der Waals surface area contributed by atoms with Crippen LogP contribution in [-0.2, 0) is 0 Å². The van der Waals surface area contributed by atoms with Crippen LogP contribution in [0.4, 0.5) is 0 Å². The Bertz CT molecular complexity index is 112. The lowest BCUT2D eigenvalue weighted by Crippen LogP contribution is -1.76. The van der Waals surface area contributed by atoms with Gasteiger partial charge in [0.05, 0.1) is 0 Å². The second kappa shape index (κ2) is 12.5. The zero-order chi connectivity index (χ0) is 9.11. The molecule has 0 fully saturated rings. The molecule has 0 spiro atoms. The van der Waals surface area contributed by atoms with Gasteiger partial charge in [-0.2, -0.15) is 0 Å². The molecule has 11 heavy (non-hydrogen) atoms. The fourth-order valence-corrected chi connectivity index (χ4v) is 1.13. The predicted molar refractivity (Wildman–Crippen MR) is 58.1 cm³/mol. The van der Waals surface area contributed by atoms with Gasteiger partial charge in [-0.3, -0.25) is 0 Å². The van der Waals surface area contributed by atoms with Gasteiger partial charge in [0.25, 0.3) is 0 Å². The lowest BCUT2D eigenvalue weighted by Gasteiger charge is -1.98. The molecule has 0 nitrogen and oxygen atoms in total. The largest absolute Gasteiger partial charge is 0.127 e. The molecule has 1 aliphatic heterocycles. The first-order valence-corrected chi connectivity index (χ1v) is 5.34. The summed E-state index contributed by atoms with van der Waals surface area (Å²) in [5, 5.41) is 0. The van der Waals surface area contributed by atoms with Crippen molar-refractivity contribution in [1.29, 1.82) is 0 Å². The molecular formula is C10H20S. The van der Waals surface area contributed by atoms with Gasteiger partial charge in [0, 0.05) is 5.75 Å². The predicted octanol–water partition coefficient (Wildman–Crippen LogP) is 4.25. The van der Waals surface area contributed by atoms with Crippen LogP contribution in [0.3, 0.4) is 0 Å². The Morgan fingerprint density at radius 3 is 1.91 bits per heavy atom. The molecule has 0 unspecified atom stereocenters. The SMILES string of the molecule is CC.CC.CC1=CC=CCS1. The monoisotopic (exact) mass is 172 g/mol. The molecular weight excluding hydrogens is 152 g/mol. The van der Waals surface area contributed by atoms with Crippen LogP contribution < -0.4 is 0 Å². The first-order valence-electron chi connectivity index (χ1n) is 4.36. The van der Waals surface area contributed by atoms with Crippen LogP contribution in [0.5, 0.6) is 0 Å². The Balaban J connectivity index is 0. The van der Waals surface area contributed by atoms with E-state index >= 15 is 0 Å². The number of hydrogen-bond donors (Lipinski definition) is 0. The van der Waals surface area contributed by atoms with Crippen molar-refractivity contribution in [3.63, 3.8) is 0 Å². The molecule has 1 heterocycles. The molecule has 0 amide bonds. The van der Waals surface area contributed by atoms with E-state index in [-0.39, 0.29) is 0 Å². The first-order chi connectivity index (χ1) is 5.39. The highest BCUT2D eigenvalue weighted by Crippen LogP contribution is 2.17. The van der Waals surface area contributed by atoms with E-state index in [1.165, 1.54) is 4.91 Å². The van der Waals surface area contributed by atoms with Crippen LogP contribution >= 0.6 is 11.8 Å². The molecule has 0 aromatic heterocycles. The maximum Gasteiger partial charge on any atom is 0.0160 e. The standard InChI is InChI=1S/C6H8S.2C2H6/c1-6-4-2-3-5-7-6;2*1-2/h2-4H,5H2,1H3;2*1-2H3. The summed E-state index contributed by atoms with van der Waals surface area (Å²) in [5.41, 5.74) is 0. The molecule has 1 aliphatic rings. The number of allylic oxidation sites excluding steroid dienone is 3. The number of rotatable bonds is 0. The molecule has 1 rings (SSSR count). The highest BCUT2D eigenvalue weighted by atomic mass is 32.2. The summed E-state index contributed by atoms with van der Waals surface area (Å²) in [6.07, 6.45) is 6.40. The second-order valence-corrected chi connectivity index (χ2v) is 2.78. The van der Waals surface area contributed by atoms with E-state index in [0.29, 0.717) is 0 Å². The zero-order valence-corrected chi connectivity index (χ0v) is 9.16. The third-order valence-electron chi connectivity index (χ3n) is 0.874. The molecule has 0 saturated carbocycles. The number of hydrogen-bond acceptors (Lipinski definition) is 1. The molecule has 0 N–H and O–H groups in total. The smallest absolute Gasteiger partial charge is 0.0160 e. The summed E-state index contributed by atoms with van der Waals surface area (Å²) < 4.78 is 0. The van der Waals surface area contributed by atoms with Crippen molar-refractivity contribution < 1.29 is 0 Å². The van der Waals surface area contributed by atoms with Crippen molar-refractivity contribution in [3.8, 4) is 0 Å². The van der Waals surface area contributed by atoms with Crippen LogP contribution in [0.25, 0.3) is 0 Å². The fourth-order valence-electron chi connectivity index (χ4n) is 0.487. The van der Waals surface area contributed by atoms with E-state index in [2.05, 4.69) is 25.2 Å². The Morgan fingerprint density at radius 2 is 1.73 bits per heavy atom. The van der Waals surface area contributed by atoms with E-state index < -0.39 is 0 Å². The normalized spacial score (nSPS) is 13.4. The number of thioether (sulfide) groups is 1. The quantitative estimate of drug-likeness (QED) is 0.526. The van der Waals surface area contributed by atoms with Crippen LogP contribution in [0, 0.1) is 0 Å². The Labute approximate surface area is 75.8 Å². The average Bonchev–Trinajstić information content (AvgIpc) is 2.13. The maximum absolute atomic E-state index is 2.16. The molecule has 0 aromatic rings. The van der Waals surface area contributed by atoms with Gasteiger partial charge in [0.2, 0.25) is 0 Å². The van der Waals surface area contributed by atoms with Gasteiger partial charge >= 0.3 is 0 Å². The van der Waals surface area contributed by atoms with Crippen molar-refractivity contribution in [2.75, 3.05) is 5.75 Å². The van der Waals surface area contributed by atoms with Crippen molar-refractivity contribution in [1.82, 2.24) is 0 Å².